The number of hydrogen-bond acceptors (Lipinski definition) is 2. The molecular weight excluding hydrogens is 288 g/mol. The Morgan fingerprint density at radius 1 is 0.952 bits per heavy atom. The molecule has 2 nitrogen and oxygen atoms in total. The summed E-state index contributed by atoms with van der Waals surface area (Å²) in [7, 11) is 0. The molecule has 21 heavy (non-hydrogen) atoms. The van der Waals surface area contributed by atoms with Gasteiger partial charge in [0.25, 0.3) is 0 Å². The van der Waals surface area contributed by atoms with Gasteiger partial charge in [0, 0.05) is 0 Å². The summed E-state index contributed by atoms with van der Waals surface area (Å²) in [6, 6.07) is 6.60. The number of phenolic OH excluding ortho intramolecular Hbond substituents is 1. The van der Waals surface area contributed by atoms with Crippen molar-refractivity contribution in [3.8, 4) is 11.5 Å². The summed E-state index contributed by atoms with van der Waals surface area (Å²) in [5.74, 6) is -10.3. The van der Waals surface area contributed by atoms with Crippen LogP contribution < -0.4 is 4.74 Å². The second kappa shape index (κ2) is 5.87. The summed E-state index contributed by atoms with van der Waals surface area (Å²) in [4.78, 5) is 0. The monoisotopic (exact) mass is 298 g/mol. The number of benzene rings is 2. The van der Waals surface area contributed by atoms with Gasteiger partial charge in [-0.15, -0.1) is 0 Å². The zero-order valence-corrected chi connectivity index (χ0v) is 10.7. The number of hydrogen-bond donors (Lipinski definition) is 1. The minimum Gasteiger partial charge on any atom is -0.503 e. The van der Waals surface area contributed by atoms with Crippen LogP contribution in [0.25, 0.3) is 6.08 Å². The van der Waals surface area contributed by atoms with Crippen molar-refractivity contribution in [3.63, 3.8) is 0 Å². The van der Waals surface area contributed by atoms with Crippen LogP contribution in [0.15, 0.2) is 30.8 Å². The van der Waals surface area contributed by atoms with Gasteiger partial charge in [-0.25, -0.2) is 0 Å². The van der Waals surface area contributed by atoms with E-state index < -0.39 is 34.8 Å². The first-order chi connectivity index (χ1) is 9.95. The van der Waals surface area contributed by atoms with E-state index in [1.165, 1.54) is 0 Å². The van der Waals surface area contributed by atoms with E-state index in [9.17, 15) is 17.6 Å². The highest BCUT2D eigenvalue weighted by molar-refractivity contribution is 5.47. The van der Waals surface area contributed by atoms with Gasteiger partial charge < -0.3 is 9.84 Å². The first-order valence-electron chi connectivity index (χ1n) is 5.84. The minimum atomic E-state index is -1.90. The van der Waals surface area contributed by atoms with Gasteiger partial charge in [0.2, 0.25) is 23.3 Å². The molecule has 0 saturated heterocycles. The van der Waals surface area contributed by atoms with Crippen LogP contribution in [0.5, 0.6) is 11.5 Å². The summed E-state index contributed by atoms with van der Waals surface area (Å²) < 4.78 is 57.9. The van der Waals surface area contributed by atoms with E-state index in [0.717, 1.165) is 5.56 Å². The van der Waals surface area contributed by atoms with Gasteiger partial charge in [-0.2, -0.15) is 17.6 Å². The Labute approximate surface area is 117 Å². The van der Waals surface area contributed by atoms with Gasteiger partial charge in [0.05, 0.1) is 0 Å². The quantitative estimate of drug-likeness (QED) is 0.678. The predicted molar refractivity (Wildman–Crippen MR) is 68.8 cm³/mol. The summed E-state index contributed by atoms with van der Waals surface area (Å²) in [5, 5.41) is 8.84. The first kappa shape index (κ1) is 14.9. The third kappa shape index (κ3) is 2.84. The molecule has 1 N–H and O–H groups in total. The summed E-state index contributed by atoms with van der Waals surface area (Å²) >= 11 is 0. The lowest BCUT2D eigenvalue weighted by Gasteiger charge is -2.10. The third-order valence-corrected chi connectivity index (χ3v) is 2.80. The number of aromatic hydroxyl groups is 1. The van der Waals surface area contributed by atoms with Gasteiger partial charge in [-0.05, 0) is 11.1 Å². The van der Waals surface area contributed by atoms with Crippen LogP contribution in [0.1, 0.15) is 11.1 Å². The molecule has 0 saturated carbocycles. The number of rotatable bonds is 4. The maximum absolute atomic E-state index is 13.4. The maximum Gasteiger partial charge on any atom is 0.207 e. The van der Waals surface area contributed by atoms with Crippen molar-refractivity contribution in [2.75, 3.05) is 0 Å². The number of ether oxygens (including phenoxy) is 1. The van der Waals surface area contributed by atoms with Crippen LogP contribution >= 0.6 is 0 Å². The minimum absolute atomic E-state index is 0.297. The van der Waals surface area contributed by atoms with E-state index >= 15 is 0 Å². The summed E-state index contributed by atoms with van der Waals surface area (Å²) in [6.45, 7) is 3.27. The van der Waals surface area contributed by atoms with Crippen LogP contribution in [0.4, 0.5) is 17.6 Å². The van der Waals surface area contributed by atoms with E-state index in [0.29, 0.717) is 5.56 Å². The largest absolute Gasteiger partial charge is 0.503 e. The van der Waals surface area contributed by atoms with Gasteiger partial charge in [-0.3, -0.25) is 0 Å². The normalized spacial score (nSPS) is 10.5. The van der Waals surface area contributed by atoms with Crippen molar-refractivity contribution in [1.29, 1.82) is 0 Å². The molecule has 2 aromatic carbocycles. The molecule has 0 atom stereocenters. The average Bonchev–Trinajstić information content (AvgIpc) is 2.51. The fourth-order valence-corrected chi connectivity index (χ4v) is 1.63. The molecule has 6 heteroatoms. The van der Waals surface area contributed by atoms with Gasteiger partial charge in [0.15, 0.2) is 11.5 Å². The molecule has 0 aromatic heterocycles. The molecule has 0 aliphatic rings. The van der Waals surface area contributed by atoms with Crippen LogP contribution in [0.3, 0.4) is 0 Å². The molecule has 0 spiro atoms. The molecule has 0 bridgehead atoms. The SMILES string of the molecule is C=Cc1ccc(COc2c(F)c(F)c(O)c(F)c2F)cc1. The molecule has 2 aromatic rings. The van der Waals surface area contributed by atoms with Crippen LogP contribution in [-0.4, -0.2) is 5.11 Å². The van der Waals surface area contributed by atoms with E-state index in [-0.39, 0.29) is 6.61 Å². The lowest BCUT2D eigenvalue weighted by Crippen LogP contribution is -2.04. The lowest BCUT2D eigenvalue weighted by molar-refractivity contribution is 0.253. The second-order valence-electron chi connectivity index (χ2n) is 4.17. The van der Waals surface area contributed by atoms with Crippen LogP contribution in [0.2, 0.25) is 0 Å². The zero-order chi connectivity index (χ0) is 15.6. The highest BCUT2D eigenvalue weighted by Crippen LogP contribution is 2.34. The predicted octanol–water partition coefficient (Wildman–Crippen LogP) is 4.17. The van der Waals surface area contributed by atoms with Gasteiger partial charge >= 0.3 is 0 Å². The Hall–Kier alpha value is -2.50. The van der Waals surface area contributed by atoms with Crippen molar-refractivity contribution in [2.45, 2.75) is 6.61 Å². The third-order valence-electron chi connectivity index (χ3n) is 2.80. The molecule has 0 aliphatic carbocycles. The number of phenols is 1. The van der Waals surface area contributed by atoms with E-state index in [1.54, 1.807) is 30.3 Å². The fraction of sp³-hybridized carbons (Fsp3) is 0.0667. The lowest BCUT2D eigenvalue weighted by atomic mass is 10.1. The molecule has 0 heterocycles. The van der Waals surface area contributed by atoms with Crippen molar-refractivity contribution >= 4 is 6.08 Å². The van der Waals surface area contributed by atoms with E-state index in [2.05, 4.69) is 6.58 Å². The number of halogens is 4. The van der Waals surface area contributed by atoms with Gasteiger partial charge in [-0.1, -0.05) is 36.9 Å². The molecule has 110 valence electrons. The molecular formula is C15H10F4O2. The Morgan fingerprint density at radius 2 is 1.48 bits per heavy atom. The van der Waals surface area contributed by atoms with Crippen LogP contribution in [0, 0.1) is 23.3 Å². The summed E-state index contributed by atoms with van der Waals surface area (Å²) in [5.41, 5.74) is 1.37. The Morgan fingerprint density at radius 3 is 1.95 bits per heavy atom. The Bertz CT molecular complexity index is 652. The Kier molecular flexibility index (Phi) is 4.16. The second-order valence-corrected chi connectivity index (χ2v) is 4.17. The smallest absolute Gasteiger partial charge is 0.207 e. The van der Waals surface area contributed by atoms with Gasteiger partial charge in [0.1, 0.15) is 6.61 Å². The maximum atomic E-state index is 13.4. The molecule has 2 rings (SSSR count). The average molecular weight is 298 g/mol. The highest BCUT2D eigenvalue weighted by Gasteiger charge is 2.26. The molecule has 0 radical (unpaired) electrons. The molecule has 0 aliphatic heterocycles. The van der Waals surface area contributed by atoms with E-state index in [4.69, 9.17) is 9.84 Å². The molecule has 0 amide bonds. The van der Waals surface area contributed by atoms with Crippen molar-refractivity contribution < 1.29 is 27.4 Å². The van der Waals surface area contributed by atoms with E-state index in [1.807, 2.05) is 0 Å². The summed E-state index contributed by atoms with van der Waals surface area (Å²) in [6.07, 6.45) is 1.61. The highest BCUT2D eigenvalue weighted by atomic mass is 19.2. The molecule has 0 fully saturated rings. The van der Waals surface area contributed by atoms with Crippen LogP contribution in [-0.2, 0) is 6.61 Å². The Balaban J connectivity index is 2.25. The zero-order valence-electron chi connectivity index (χ0n) is 10.7. The standard InChI is InChI=1S/C15H10F4O2/c1-2-8-3-5-9(6-4-8)7-21-15-12(18)10(16)14(20)11(17)13(15)19/h2-6,20H,1,7H2. The fourth-order valence-electron chi connectivity index (χ4n) is 1.63. The first-order valence-corrected chi connectivity index (χ1v) is 5.84. The van der Waals surface area contributed by atoms with Crippen molar-refractivity contribution in [1.82, 2.24) is 0 Å². The molecule has 0 unspecified atom stereocenters. The topological polar surface area (TPSA) is 29.5 Å². The van der Waals surface area contributed by atoms with Crippen molar-refractivity contribution in [3.05, 3.63) is 65.2 Å². The van der Waals surface area contributed by atoms with Crippen molar-refractivity contribution in [2.24, 2.45) is 0 Å².